The van der Waals surface area contributed by atoms with Crippen molar-refractivity contribution in [2.24, 2.45) is 0 Å². The van der Waals surface area contributed by atoms with Crippen molar-refractivity contribution in [3.05, 3.63) is 34.7 Å². The molecule has 0 saturated heterocycles. The maximum atomic E-state index is 13.9. The molecule has 0 spiro atoms. The van der Waals surface area contributed by atoms with Crippen molar-refractivity contribution in [3.8, 4) is 5.75 Å². The molecule has 0 aromatic heterocycles. The Kier molecular flexibility index (Phi) is 4.01. The number of hydrogen-bond donors (Lipinski definition) is 1. The molecule has 0 heterocycles. The van der Waals surface area contributed by atoms with Crippen LogP contribution in [0.3, 0.4) is 0 Å². The lowest BCUT2D eigenvalue weighted by Gasteiger charge is -2.17. The van der Waals surface area contributed by atoms with Crippen molar-refractivity contribution in [2.75, 3.05) is 6.61 Å². The zero-order valence-electron chi connectivity index (χ0n) is 13.0. The predicted molar refractivity (Wildman–Crippen MR) is 77.4 cm³/mol. The second-order valence-corrected chi connectivity index (χ2v) is 8.28. The van der Waals surface area contributed by atoms with Gasteiger partial charge in [0, 0.05) is 30.4 Å². The number of benzene rings is 1. The van der Waals surface area contributed by atoms with Gasteiger partial charge in [-0.25, -0.2) is 23.8 Å². The van der Waals surface area contributed by atoms with Crippen molar-refractivity contribution in [2.45, 2.75) is 47.2 Å². The fraction of sp³-hybridized carbons (Fsp3) is 0.533. The SMILES string of the molecule is [C-]#[N+]C1(COc2ccc(S(=O)(=O)C(F)(F)F)c3c2CC(F)(F)C3O)CC1. The highest BCUT2D eigenvalue weighted by Crippen LogP contribution is 2.51. The maximum Gasteiger partial charge on any atom is 0.501 e. The molecule has 1 aromatic rings. The number of fused-ring (bicyclic) bond motifs is 1. The Balaban J connectivity index is 2.09. The molecule has 0 aliphatic heterocycles. The minimum absolute atomic E-state index is 0.157. The van der Waals surface area contributed by atoms with Crippen LogP contribution in [0.1, 0.15) is 30.1 Å². The third-order valence-corrected chi connectivity index (χ3v) is 6.06. The normalized spacial score (nSPS) is 23.2. The monoisotopic (exact) mass is 397 g/mol. The second-order valence-electron chi connectivity index (χ2n) is 6.37. The van der Waals surface area contributed by atoms with E-state index in [4.69, 9.17) is 11.3 Å². The van der Waals surface area contributed by atoms with Crippen LogP contribution in [0.2, 0.25) is 0 Å². The van der Waals surface area contributed by atoms with Crippen molar-refractivity contribution in [3.63, 3.8) is 0 Å². The molecule has 0 radical (unpaired) electrons. The van der Waals surface area contributed by atoms with Gasteiger partial charge < -0.3 is 14.7 Å². The van der Waals surface area contributed by atoms with Crippen LogP contribution >= 0.6 is 0 Å². The molecule has 26 heavy (non-hydrogen) atoms. The highest BCUT2D eigenvalue weighted by atomic mass is 32.2. The van der Waals surface area contributed by atoms with Crippen LogP contribution in [-0.2, 0) is 16.3 Å². The molecule has 1 saturated carbocycles. The molecule has 1 aromatic carbocycles. The molecular weight excluding hydrogens is 385 g/mol. The Morgan fingerprint density at radius 2 is 1.92 bits per heavy atom. The van der Waals surface area contributed by atoms with Crippen LogP contribution in [0.15, 0.2) is 17.0 Å². The topological polar surface area (TPSA) is 68.0 Å². The largest absolute Gasteiger partial charge is 0.501 e. The number of rotatable bonds is 4. The van der Waals surface area contributed by atoms with E-state index in [0.29, 0.717) is 18.9 Å². The van der Waals surface area contributed by atoms with Crippen molar-refractivity contribution >= 4 is 9.84 Å². The number of aliphatic hydroxyl groups is 1. The Labute approximate surface area is 145 Å². The van der Waals surface area contributed by atoms with E-state index in [9.17, 15) is 35.5 Å². The molecule has 11 heteroatoms. The van der Waals surface area contributed by atoms with Gasteiger partial charge in [0.2, 0.25) is 0 Å². The van der Waals surface area contributed by atoms with Gasteiger partial charge in [-0.3, -0.25) is 0 Å². The molecule has 3 rings (SSSR count). The van der Waals surface area contributed by atoms with Crippen LogP contribution in [0.5, 0.6) is 5.75 Å². The van der Waals surface area contributed by atoms with Gasteiger partial charge in [0.25, 0.3) is 21.3 Å². The van der Waals surface area contributed by atoms with E-state index in [-0.39, 0.29) is 12.4 Å². The van der Waals surface area contributed by atoms with Gasteiger partial charge >= 0.3 is 5.51 Å². The van der Waals surface area contributed by atoms with Gasteiger partial charge in [-0.15, -0.1) is 0 Å². The number of halogens is 5. The molecule has 0 amide bonds. The highest BCUT2D eigenvalue weighted by Gasteiger charge is 2.56. The maximum absolute atomic E-state index is 13.9. The molecule has 1 N–H and O–H groups in total. The van der Waals surface area contributed by atoms with Gasteiger partial charge in [-0.2, -0.15) is 13.2 Å². The van der Waals surface area contributed by atoms with Crippen molar-refractivity contribution in [1.82, 2.24) is 0 Å². The number of nitrogens with zero attached hydrogens (tertiary/aromatic N) is 1. The smallest absolute Gasteiger partial charge is 0.485 e. The standard InChI is InChI=1S/C15H12F5NO4S/c1-21-13(4-5-13)7-25-9-2-3-10(26(23,24)15(18,19)20)11-8(9)6-14(16,17)12(11)22/h2-3,12,22H,4-7H2. The minimum atomic E-state index is -5.93. The van der Waals surface area contributed by atoms with Crippen molar-refractivity contribution in [1.29, 1.82) is 0 Å². The van der Waals surface area contributed by atoms with E-state index in [1.165, 1.54) is 0 Å². The summed E-state index contributed by atoms with van der Waals surface area (Å²) in [5.74, 6) is -4.10. The van der Waals surface area contributed by atoms with Crippen LogP contribution in [0.25, 0.3) is 4.85 Å². The van der Waals surface area contributed by atoms with E-state index in [0.717, 1.165) is 6.07 Å². The van der Waals surface area contributed by atoms with Gasteiger partial charge in [-0.05, 0) is 12.1 Å². The van der Waals surface area contributed by atoms with Crippen LogP contribution < -0.4 is 4.74 Å². The third kappa shape index (κ3) is 2.81. The lowest BCUT2D eigenvalue weighted by Crippen LogP contribution is -2.26. The number of sulfone groups is 1. The first-order chi connectivity index (χ1) is 11.8. The minimum Gasteiger partial charge on any atom is -0.485 e. The van der Waals surface area contributed by atoms with Gasteiger partial charge in [0.15, 0.2) is 6.61 Å². The molecule has 1 fully saturated rings. The highest BCUT2D eigenvalue weighted by molar-refractivity contribution is 7.92. The Morgan fingerprint density at radius 3 is 2.42 bits per heavy atom. The van der Waals surface area contributed by atoms with Gasteiger partial charge in [0.1, 0.15) is 11.9 Å². The van der Waals surface area contributed by atoms with Crippen LogP contribution in [0, 0.1) is 6.57 Å². The van der Waals surface area contributed by atoms with Crippen molar-refractivity contribution < 1.29 is 40.2 Å². The Morgan fingerprint density at radius 1 is 1.31 bits per heavy atom. The first kappa shape index (κ1) is 18.8. The number of alkyl halides is 5. The summed E-state index contributed by atoms with van der Waals surface area (Å²) >= 11 is 0. The Bertz CT molecular complexity index is 900. The first-order valence-electron chi connectivity index (χ1n) is 7.39. The summed E-state index contributed by atoms with van der Waals surface area (Å²) in [6, 6.07) is 1.35. The third-order valence-electron chi connectivity index (χ3n) is 4.51. The molecule has 0 bridgehead atoms. The summed E-state index contributed by atoms with van der Waals surface area (Å²) in [4.78, 5) is 1.94. The number of hydrogen-bond acceptors (Lipinski definition) is 4. The summed E-state index contributed by atoms with van der Waals surface area (Å²) < 4.78 is 95.0. The summed E-state index contributed by atoms with van der Waals surface area (Å²) in [6.45, 7) is 6.89. The molecule has 142 valence electrons. The predicted octanol–water partition coefficient (Wildman–Crippen LogP) is 3.04. The lowest BCUT2D eigenvalue weighted by molar-refractivity contribution is -0.0978. The second kappa shape index (κ2) is 5.53. The van der Waals surface area contributed by atoms with Crippen LogP contribution in [-0.4, -0.2) is 37.1 Å². The summed E-state index contributed by atoms with van der Waals surface area (Å²) in [5.41, 5.74) is -7.99. The van der Waals surface area contributed by atoms with E-state index in [1.54, 1.807) is 0 Å². The zero-order valence-corrected chi connectivity index (χ0v) is 13.8. The average Bonchev–Trinajstić information content (AvgIpc) is 3.27. The summed E-state index contributed by atoms with van der Waals surface area (Å²) in [6.07, 6.45) is -2.79. The fourth-order valence-electron chi connectivity index (χ4n) is 2.79. The van der Waals surface area contributed by atoms with Gasteiger partial charge in [-0.1, -0.05) is 0 Å². The molecule has 1 atom stereocenters. The molecule has 2 aliphatic carbocycles. The van der Waals surface area contributed by atoms with Crippen LogP contribution in [0.4, 0.5) is 22.0 Å². The zero-order chi connectivity index (χ0) is 19.5. The number of aliphatic hydroxyl groups excluding tert-OH is 1. The summed E-state index contributed by atoms with van der Waals surface area (Å²) in [7, 11) is -5.93. The average molecular weight is 397 g/mol. The summed E-state index contributed by atoms with van der Waals surface area (Å²) in [5, 5.41) is 9.74. The van der Waals surface area contributed by atoms with E-state index < -0.39 is 55.4 Å². The Hall–Kier alpha value is -1.93. The number of ether oxygens (including phenoxy) is 1. The van der Waals surface area contributed by atoms with E-state index in [2.05, 4.69) is 4.85 Å². The fourth-order valence-corrected chi connectivity index (χ4v) is 3.81. The molecule has 5 nitrogen and oxygen atoms in total. The quantitative estimate of drug-likeness (QED) is 0.627. The van der Waals surface area contributed by atoms with Gasteiger partial charge in [0.05, 0.1) is 4.90 Å². The molecule has 2 aliphatic rings. The lowest BCUT2D eigenvalue weighted by atomic mass is 10.1. The molecule has 1 unspecified atom stereocenters. The molecular formula is C15H12F5NO4S. The van der Waals surface area contributed by atoms with E-state index in [1.807, 2.05) is 0 Å². The van der Waals surface area contributed by atoms with E-state index >= 15 is 0 Å². The first-order valence-corrected chi connectivity index (χ1v) is 8.87.